The minimum atomic E-state index is -0.145. The first kappa shape index (κ1) is 17.5. The highest BCUT2D eigenvalue weighted by atomic mass is 16.2. The van der Waals surface area contributed by atoms with Crippen LogP contribution in [0.5, 0.6) is 0 Å². The van der Waals surface area contributed by atoms with Crippen LogP contribution in [0.25, 0.3) is 5.69 Å². The van der Waals surface area contributed by atoms with E-state index in [4.69, 9.17) is 0 Å². The lowest BCUT2D eigenvalue weighted by Gasteiger charge is -2.10. The number of rotatable bonds is 5. The first-order valence-corrected chi connectivity index (χ1v) is 8.41. The Morgan fingerprint density at radius 3 is 2.31 bits per heavy atom. The number of hydrogen-bond acceptors (Lipinski definition) is 2. The number of anilines is 1. The molecule has 0 aliphatic rings. The summed E-state index contributed by atoms with van der Waals surface area (Å²) in [5.74, 6) is -0.233. The van der Waals surface area contributed by atoms with Crippen molar-refractivity contribution in [1.82, 2.24) is 9.88 Å². The summed E-state index contributed by atoms with van der Waals surface area (Å²) in [6.45, 7) is 1.87. The van der Waals surface area contributed by atoms with Gasteiger partial charge in [-0.15, -0.1) is 0 Å². The highest BCUT2D eigenvalue weighted by molar-refractivity contribution is 5.96. The minimum absolute atomic E-state index is 0.0884. The number of benzene rings is 2. The van der Waals surface area contributed by atoms with E-state index in [-0.39, 0.29) is 11.8 Å². The Kier molecular flexibility index (Phi) is 5.17. The van der Waals surface area contributed by atoms with Gasteiger partial charge in [0, 0.05) is 36.4 Å². The van der Waals surface area contributed by atoms with Crippen LogP contribution in [-0.4, -0.2) is 23.4 Å². The molecule has 0 atom stereocenters. The molecular weight excluding hydrogens is 326 g/mol. The second-order valence-electron chi connectivity index (χ2n) is 6.09. The number of carbonyl (C=O) groups is 2. The summed E-state index contributed by atoms with van der Waals surface area (Å²) in [4.78, 5) is 24.0. The van der Waals surface area contributed by atoms with E-state index in [1.54, 1.807) is 25.2 Å². The molecule has 2 amide bonds. The van der Waals surface area contributed by atoms with Gasteiger partial charge < -0.3 is 15.2 Å². The van der Waals surface area contributed by atoms with Crippen molar-refractivity contribution < 1.29 is 9.59 Å². The maximum Gasteiger partial charge on any atom is 0.251 e. The summed E-state index contributed by atoms with van der Waals surface area (Å²) < 4.78 is 2.02. The zero-order chi connectivity index (χ0) is 18.5. The van der Waals surface area contributed by atoms with Crippen LogP contribution < -0.4 is 10.6 Å². The summed E-state index contributed by atoms with van der Waals surface area (Å²) in [5.41, 5.74) is 4.13. The van der Waals surface area contributed by atoms with Crippen molar-refractivity contribution in [1.29, 1.82) is 0 Å². The molecule has 26 heavy (non-hydrogen) atoms. The molecule has 0 saturated heterocycles. The van der Waals surface area contributed by atoms with Crippen LogP contribution in [0.3, 0.4) is 0 Å². The molecule has 0 radical (unpaired) electrons. The van der Waals surface area contributed by atoms with E-state index in [1.165, 1.54) is 0 Å². The van der Waals surface area contributed by atoms with Gasteiger partial charge >= 0.3 is 0 Å². The standard InChI is InChI=1S/C21H21N3O2/c1-15-13-17(21(26)22-2)7-10-19(15)23-20(25)14-16-5-8-18(9-6-16)24-11-3-4-12-24/h3-13H,14H2,1-2H3,(H,22,26)(H,23,25). The quantitative estimate of drug-likeness (QED) is 0.744. The zero-order valence-corrected chi connectivity index (χ0v) is 14.8. The van der Waals surface area contributed by atoms with Crippen molar-refractivity contribution in [3.8, 4) is 5.69 Å². The Labute approximate surface area is 152 Å². The number of carbonyl (C=O) groups excluding carboxylic acids is 2. The molecule has 2 N–H and O–H groups in total. The molecule has 0 spiro atoms. The Balaban J connectivity index is 1.64. The van der Waals surface area contributed by atoms with Crippen LogP contribution in [0.1, 0.15) is 21.5 Å². The van der Waals surface area contributed by atoms with Gasteiger partial charge in [0.2, 0.25) is 5.91 Å². The largest absolute Gasteiger partial charge is 0.355 e. The molecule has 5 nitrogen and oxygen atoms in total. The highest BCUT2D eigenvalue weighted by Crippen LogP contribution is 2.17. The van der Waals surface area contributed by atoms with E-state index < -0.39 is 0 Å². The van der Waals surface area contributed by atoms with E-state index in [0.717, 1.165) is 16.8 Å². The number of nitrogens with zero attached hydrogens (tertiary/aromatic N) is 1. The lowest BCUT2D eigenvalue weighted by molar-refractivity contribution is -0.115. The van der Waals surface area contributed by atoms with Crippen molar-refractivity contribution in [2.75, 3.05) is 12.4 Å². The molecule has 0 saturated carbocycles. The molecule has 1 heterocycles. The van der Waals surface area contributed by atoms with Gasteiger partial charge in [-0.3, -0.25) is 9.59 Å². The van der Waals surface area contributed by atoms with Gasteiger partial charge in [0.15, 0.2) is 0 Å². The van der Waals surface area contributed by atoms with Gasteiger partial charge in [0.05, 0.1) is 6.42 Å². The van der Waals surface area contributed by atoms with Crippen LogP contribution in [0, 0.1) is 6.92 Å². The molecule has 2 aromatic carbocycles. The Morgan fingerprint density at radius 1 is 1.00 bits per heavy atom. The second kappa shape index (κ2) is 7.70. The van der Waals surface area contributed by atoms with Gasteiger partial charge in [-0.05, 0) is 60.5 Å². The van der Waals surface area contributed by atoms with Gasteiger partial charge in [-0.25, -0.2) is 0 Å². The molecule has 0 aliphatic heterocycles. The Hall–Kier alpha value is -3.34. The second-order valence-corrected chi connectivity index (χ2v) is 6.09. The number of nitrogens with one attached hydrogen (secondary N) is 2. The van der Waals surface area contributed by atoms with Crippen LogP contribution in [0.2, 0.25) is 0 Å². The van der Waals surface area contributed by atoms with Crippen molar-refractivity contribution in [3.05, 3.63) is 83.7 Å². The molecule has 0 unspecified atom stereocenters. The fraction of sp³-hybridized carbons (Fsp3) is 0.143. The lowest BCUT2D eigenvalue weighted by Crippen LogP contribution is -2.19. The van der Waals surface area contributed by atoms with E-state index in [0.29, 0.717) is 17.7 Å². The molecule has 3 rings (SSSR count). The number of aryl methyl sites for hydroxylation is 1. The highest BCUT2D eigenvalue weighted by Gasteiger charge is 2.09. The molecule has 0 aliphatic carbocycles. The predicted molar refractivity (Wildman–Crippen MR) is 103 cm³/mol. The average molecular weight is 347 g/mol. The summed E-state index contributed by atoms with van der Waals surface area (Å²) in [5, 5.41) is 5.50. The average Bonchev–Trinajstić information content (AvgIpc) is 3.18. The molecular formula is C21H21N3O2. The third-order valence-electron chi connectivity index (χ3n) is 4.19. The summed E-state index contributed by atoms with van der Waals surface area (Å²) in [6.07, 6.45) is 4.25. The summed E-state index contributed by atoms with van der Waals surface area (Å²) in [6, 6.07) is 17.1. The number of hydrogen-bond donors (Lipinski definition) is 2. The minimum Gasteiger partial charge on any atom is -0.355 e. The number of aromatic nitrogens is 1. The smallest absolute Gasteiger partial charge is 0.251 e. The van der Waals surface area contributed by atoms with Gasteiger partial charge in [-0.2, -0.15) is 0 Å². The van der Waals surface area contributed by atoms with Crippen LogP contribution in [-0.2, 0) is 11.2 Å². The van der Waals surface area contributed by atoms with Crippen molar-refractivity contribution in [2.45, 2.75) is 13.3 Å². The molecule has 3 aromatic rings. The van der Waals surface area contributed by atoms with Crippen LogP contribution in [0.15, 0.2) is 67.0 Å². The van der Waals surface area contributed by atoms with E-state index >= 15 is 0 Å². The van der Waals surface area contributed by atoms with Gasteiger partial charge in [0.1, 0.15) is 0 Å². The maximum atomic E-state index is 12.3. The Bertz CT molecular complexity index is 913. The first-order chi connectivity index (χ1) is 12.6. The number of amides is 2. The maximum absolute atomic E-state index is 12.3. The topological polar surface area (TPSA) is 63.1 Å². The lowest BCUT2D eigenvalue weighted by atomic mass is 10.1. The third-order valence-corrected chi connectivity index (χ3v) is 4.19. The van der Waals surface area contributed by atoms with Crippen molar-refractivity contribution >= 4 is 17.5 Å². The molecule has 0 fully saturated rings. The van der Waals surface area contributed by atoms with E-state index in [1.807, 2.05) is 60.3 Å². The summed E-state index contributed by atoms with van der Waals surface area (Å²) in [7, 11) is 1.59. The van der Waals surface area contributed by atoms with Crippen molar-refractivity contribution in [2.24, 2.45) is 0 Å². The molecule has 1 aromatic heterocycles. The molecule has 5 heteroatoms. The van der Waals surface area contributed by atoms with Crippen LogP contribution >= 0.6 is 0 Å². The predicted octanol–water partition coefficient (Wildman–Crippen LogP) is 3.33. The molecule has 0 bridgehead atoms. The monoisotopic (exact) mass is 347 g/mol. The normalized spacial score (nSPS) is 10.4. The fourth-order valence-electron chi connectivity index (χ4n) is 2.76. The first-order valence-electron chi connectivity index (χ1n) is 8.41. The van der Waals surface area contributed by atoms with Crippen molar-refractivity contribution in [3.63, 3.8) is 0 Å². The van der Waals surface area contributed by atoms with E-state index in [2.05, 4.69) is 10.6 Å². The third kappa shape index (κ3) is 4.00. The van der Waals surface area contributed by atoms with E-state index in [9.17, 15) is 9.59 Å². The fourth-order valence-corrected chi connectivity index (χ4v) is 2.76. The Morgan fingerprint density at radius 2 is 1.69 bits per heavy atom. The van der Waals surface area contributed by atoms with Gasteiger partial charge in [-0.1, -0.05) is 12.1 Å². The molecule has 132 valence electrons. The zero-order valence-electron chi connectivity index (χ0n) is 14.8. The van der Waals surface area contributed by atoms with Gasteiger partial charge in [0.25, 0.3) is 5.91 Å². The van der Waals surface area contributed by atoms with Crippen LogP contribution in [0.4, 0.5) is 5.69 Å². The summed E-state index contributed by atoms with van der Waals surface area (Å²) >= 11 is 0. The SMILES string of the molecule is CNC(=O)c1ccc(NC(=O)Cc2ccc(-n3cccc3)cc2)c(C)c1.